The monoisotopic (exact) mass is 551 g/mol. The standard InChI is InChI=1S/C28H34ClN7O3/c1-16(2)31-26-25-24(33-34-26)17(14-35-10-4-5-11-35)13-21(32-25)19-9-8-18-20(23(19)29)15-36(28(18)39)22(7-6-12-37)27(38)30-3/h8-9,12-13,16,22H,4-7,10-11,14-15H2,1-3H3,(H,30,38)(H2,31,33,34). The number of carbonyl (C=O) groups excluding carboxylic acids is 3. The van der Waals surface area contributed by atoms with E-state index >= 15 is 0 Å². The van der Waals surface area contributed by atoms with Crippen LogP contribution in [0, 0.1) is 0 Å². The Morgan fingerprint density at radius 2 is 1.97 bits per heavy atom. The molecule has 3 aromatic rings. The van der Waals surface area contributed by atoms with Crippen LogP contribution in [-0.4, -0.2) is 75.3 Å². The van der Waals surface area contributed by atoms with Crippen LogP contribution in [0.5, 0.6) is 0 Å². The van der Waals surface area contributed by atoms with E-state index in [1.807, 2.05) is 6.07 Å². The molecule has 1 fully saturated rings. The molecule has 0 spiro atoms. The Morgan fingerprint density at radius 3 is 2.67 bits per heavy atom. The molecule has 1 saturated heterocycles. The summed E-state index contributed by atoms with van der Waals surface area (Å²) in [6.07, 6.45) is 3.56. The van der Waals surface area contributed by atoms with Gasteiger partial charge in [0.25, 0.3) is 5.91 Å². The summed E-state index contributed by atoms with van der Waals surface area (Å²) in [4.78, 5) is 45.8. The number of pyridine rings is 1. The fourth-order valence-corrected chi connectivity index (χ4v) is 5.84. The van der Waals surface area contributed by atoms with Crippen molar-refractivity contribution < 1.29 is 14.4 Å². The molecule has 2 aliphatic rings. The molecule has 206 valence electrons. The summed E-state index contributed by atoms with van der Waals surface area (Å²) in [7, 11) is 1.52. The number of aldehydes is 1. The summed E-state index contributed by atoms with van der Waals surface area (Å²) in [6, 6.07) is 5.06. The van der Waals surface area contributed by atoms with Crippen molar-refractivity contribution in [1.29, 1.82) is 0 Å². The van der Waals surface area contributed by atoms with E-state index in [-0.39, 0.29) is 37.2 Å². The van der Waals surface area contributed by atoms with Gasteiger partial charge in [0.2, 0.25) is 5.91 Å². The van der Waals surface area contributed by atoms with Gasteiger partial charge in [0.1, 0.15) is 17.8 Å². The van der Waals surface area contributed by atoms with Gasteiger partial charge in [-0.1, -0.05) is 17.7 Å². The second-order valence-electron chi connectivity index (χ2n) is 10.5. The first kappa shape index (κ1) is 27.1. The van der Waals surface area contributed by atoms with Crippen LogP contribution in [0.25, 0.3) is 22.3 Å². The number of fused-ring (bicyclic) bond motifs is 2. The third-order valence-corrected chi connectivity index (χ3v) is 7.88. The van der Waals surface area contributed by atoms with Gasteiger partial charge in [-0.15, -0.1) is 0 Å². The highest BCUT2D eigenvalue weighted by Crippen LogP contribution is 2.39. The predicted molar refractivity (Wildman–Crippen MR) is 151 cm³/mol. The van der Waals surface area contributed by atoms with Crippen molar-refractivity contribution in [1.82, 2.24) is 30.3 Å². The number of anilines is 1. The molecule has 39 heavy (non-hydrogen) atoms. The maximum Gasteiger partial charge on any atom is 0.255 e. The summed E-state index contributed by atoms with van der Waals surface area (Å²) in [5.74, 6) is 0.110. The topological polar surface area (TPSA) is 123 Å². The van der Waals surface area contributed by atoms with E-state index in [9.17, 15) is 14.4 Å². The van der Waals surface area contributed by atoms with Crippen molar-refractivity contribution in [2.24, 2.45) is 0 Å². The van der Waals surface area contributed by atoms with Crippen LogP contribution >= 0.6 is 11.6 Å². The van der Waals surface area contributed by atoms with E-state index in [2.05, 4.69) is 45.6 Å². The zero-order valence-corrected chi connectivity index (χ0v) is 23.3. The van der Waals surface area contributed by atoms with Crippen LogP contribution in [0.3, 0.4) is 0 Å². The molecule has 0 radical (unpaired) electrons. The number of likely N-dealkylation sites (tertiary alicyclic amines) is 1. The van der Waals surface area contributed by atoms with Crippen molar-refractivity contribution in [2.45, 2.75) is 64.7 Å². The number of rotatable bonds is 10. The van der Waals surface area contributed by atoms with Crippen LogP contribution in [0.1, 0.15) is 61.0 Å². The average Bonchev–Trinajstić information content (AvgIpc) is 3.65. The van der Waals surface area contributed by atoms with E-state index in [0.717, 1.165) is 48.1 Å². The van der Waals surface area contributed by atoms with Gasteiger partial charge in [0.15, 0.2) is 5.82 Å². The lowest BCUT2D eigenvalue weighted by molar-refractivity contribution is -0.125. The molecule has 1 unspecified atom stereocenters. The third kappa shape index (κ3) is 5.23. The highest BCUT2D eigenvalue weighted by Gasteiger charge is 2.37. The minimum atomic E-state index is -0.753. The molecule has 1 aromatic carbocycles. The Bertz CT molecular complexity index is 1410. The zero-order chi connectivity index (χ0) is 27.7. The Labute approximate surface area is 232 Å². The van der Waals surface area contributed by atoms with Gasteiger partial charge in [-0.3, -0.25) is 19.6 Å². The number of halogens is 1. The fraction of sp³-hybridized carbons (Fsp3) is 0.464. The smallest absolute Gasteiger partial charge is 0.255 e. The van der Waals surface area contributed by atoms with Crippen LogP contribution in [0.4, 0.5) is 5.82 Å². The Morgan fingerprint density at radius 1 is 1.23 bits per heavy atom. The van der Waals surface area contributed by atoms with Gasteiger partial charge in [-0.05, 0) is 63.9 Å². The normalized spacial score (nSPS) is 16.2. The van der Waals surface area contributed by atoms with Gasteiger partial charge < -0.3 is 20.3 Å². The highest BCUT2D eigenvalue weighted by molar-refractivity contribution is 6.35. The van der Waals surface area contributed by atoms with Gasteiger partial charge in [0.05, 0.1) is 16.2 Å². The van der Waals surface area contributed by atoms with Gasteiger partial charge in [-0.25, -0.2) is 4.98 Å². The van der Waals surface area contributed by atoms with Crippen molar-refractivity contribution >= 4 is 46.6 Å². The molecule has 5 rings (SSSR count). The van der Waals surface area contributed by atoms with E-state index in [0.29, 0.717) is 27.7 Å². The summed E-state index contributed by atoms with van der Waals surface area (Å²) in [5.41, 5.74) is 5.28. The maximum absolute atomic E-state index is 13.3. The molecule has 11 heteroatoms. The summed E-state index contributed by atoms with van der Waals surface area (Å²) in [6.45, 7) is 7.17. The molecule has 4 heterocycles. The summed E-state index contributed by atoms with van der Waals surface area (Å²) >= 11 is 6.99. The molecule has 1 atom stereocenters. The largest absolute Gasteiger partial charge is 0.365 e. The van der Waals surface area contributed by atoms with Crippen LogP contribution in [0.15, 0.2) is 18.2 Å². The quantitative estimate of drug-likeness (QED) is 0.328. The van der Waals surface area contributed by atoms with Gasteiger partial charge in [0, 0.05) is 49.3 Å². The van der Waals surface area contributed by atoms with E-state index in [1.165, 1.54) is 24.8 Å². The number of amides is 2. The number of hydrogen-bond donors (Lipinski definition) is 3. The number of nitrogens with zero attached hydrogens (tertiary/aromatic N) is 4. The predicted octanol–water partition coefficient (Wildman–Crippen LogP) is 3.74. The number of hydrogen-bond acceptors (Lipinski definition) is 7. The highest BCUT2D eigenvalue weighted by atomic mass is 35.5. The first-order valence-corrected chi connectivity index (χ1v) is 13.8. The minimum absolute atomic E-state index is 0.178. The second kappa shape index (κ2) is 11.3. The fourth-order valence-electron chi connectivity index (χ4n) is 5.52. The van der Waals surface area contributed by atoms with Crippen molar-refractivity contribution in [3.8, 4) is 11.3 Å². The first-order chi connectivity index (χ1) is 18.8. The van der Waals surface area contributed by atoms with E-state index < -0.39 is 6.04 Å². The molecular formula is C28H34ClN7O3. The second-order valence-corrected chi connectivity index (χ2v) is 10.9. The lowest BCUT2D eigenvalue weighted by atomic mass is 10.0. The molecule has 2 amide bonds. The maximum atomic E-state index is 13.3. The van der Waals surface area contributed by atoms with E-state index in [4.69, 9.17) is 16.6 Å². The molecule has 3 N–H and O–H groups in total. The first-order valence-electron chi connectivity index (χ1n) is 13.5. The zero-order valence-electron chi connectivity index (χ0n) is 22.5. The number of aromatic nitrogens is 3. The lowest BCUT2D eigenvalue weighted by Crippen LogP contribution is -2.46. The Kier molecular flexibility index (Phi) is 7.86. The van der Waals surface area contributed by atoms with Crippen LogP contribution < -0.4 is 10.6 Å². The lowest BCUT2D eigenvalue weighted by Gasteiger charge is -2.25. The number of carbonyl (C=O) groups is 3. The summed E-state index contributed by atoms with van der Waals surface area (Å²) in [5, 5.41) is 14.1. The SMILES string of the molecule is CNC(=O)C(CCC=O)N1Cc2c(ccc(-c3cc(CN4CCCC4)c4[nH]nc(NC(C)C)c4n3)c2Cl)C1=O. The van der Waals surface area contributed by atoms with E-state index in [1.54, 1.807) is 6.07 Å². The minimum Gasteiger partial charge on any atom is -0.365 e. The van der Waals surface area contributed by atoms with Gasteiger partial charge in [-0.2, -0.15) is 5.10 Å². The molecular weight excluding hydrogens is 518 g/mol. The number of aromatic amines is 1. The van der Waals surface area contributed by atoms with Gasteiger partial charge >= 0.3 is 0 Å². The Balaban J connectivity index is 1.56. The molecule has 0 bridgehead atoms. The summed E-state index contributed by atoms with van der Waals surface area (Å²) < 4.78 is 0. The van der Waals surface area contributed by atoms with Crippen molar-refractivity contribution in [2.75, 3.05) is 25.5 Å². The molecule has 2 aromatic heterocycles. The Hall–Kier alpha value is -3.50. The van der Waals surface area contributed by atoms with Crippen molar-refractivity contribution in [3.05, 3.63) is 39.9 Å². The van der Waals surface area contributed by atoms with Crippen LogP contribution in [-0.2, 0) is 22.7 Å². The molecule has 2 aliphatic heterocycles. The third-order valence-electron chi connectivity index (χ3n) is 7.45. The van der Waals surface area contributed by atoms with Crippen LogP contribution in [0.2, 0.25) is 5.02 Å². The molecule has 0 aliphatic carbocycles. The molecule has 10 nitrogen and oxygen atoms in total. The number of H-pyrrole nitrogens is 1. The number of benzene rings is 1. The average molecular weight is 552 g/mol. The van der Waals surface area contributed by atoms with Crippen molar-refractivity contribution in [3.63, 3.8) is 0 Å². The molecule has 0 saturated carbocycles. The number of nitrogens with one attached hydrogen (secondary N) is 3. The number of likely N-dealkylation sites (N-methyl/N-ethyl adjacent to an activating group) is 1.